The minimum absolute atomic E-state index is 0.652. The third-order valence-corrected chi connectivity index (χ3v) is 15.1. The molecule has 3 aromatic heterocycles. The highest BCUT2D eigenvalue weighted by Crippen LogP contribution is 2.39. The molecule has 6 aromatic rings. The molecule has 0 saturated carbocycles. The molecule has 0 unspecified atom stereocenters. The van der Waals surface area contributed by atoms with Gasteiger partial charge in [0, 0.05) is 45.4 Å². The fourth-order valence-corrected chi connectivity index (χ4v) is 10.6. The van der Waals surface area contributed by atoms with Gasteiger partial charge in [0.05, 0.1) is 60.3 Å². The van der Waals surface area contributed by atoms with E-state index in [2.05, 4.69) is 141 Å². The van der Waals surface area contributed by atoms with Gasteiger partial charge >= 0.3 is 0 Å². The molecule has 8 rings (SSSR count). The van der Waals surface area contributed by atoms with Crippen molar-refractivity contribution in [1.29, 1.82) is 0 Å². The summed E-state index contributed by atoms with van der Waals surface area (Å²) < 4.78 is 26.4. The van der Waals surface area contributed by atoms with Gasteiger partial charge in [-0.3, -0.25) is 0 Å². The normalized spacial score (nSPS) is 11.7. The molecule has 8 heteroatoms. The number of unbranched alkanes of at least 4 members (excludes halogenated alkanes) is 20. The predicted octanol–water partition coefficient (Wildman–Crippen LogP) is 20.3. The Kier molecular flexibility index (Phi) is 24.4. The molecule has 5 heterocycles. The van der Waals surface area contributed by atoms with E-state index in [-0.39, 0.29) is 0 Å². The molecule has 0 fully saturated rings. The first-order valence-corrected chi connectivity index (χ1v) is 31.0. The Balaban J connectivity index is 1.25. The van der Waals surface area contributed by atoms with E-state index in [0.29, 0.717) is 26.4 Å². The van der Waals surface area contributed by atoms with Gasteiger partial charge in [0.1, 0.15) is 23.0 Å². The molecule has 0 saturated heterocycles. The Bertz CT molecular complexity index is 3000. The van der Waals surface area contributed by atoms with Crippen molar-refractivity contribution in [3.05, 3.63) is 131 Å². The molecule has 2 aliphatic heterocycles. The summed E-state index contributed by atoms with van der Waals surface area (Å²) in [6.07, 6.45) is 37.2. The summed E-state index contributed by atoms with van der Waals surface area (Å²) in [5, 5.41) is 0. The van der Waals surface area contributed by atoms with Crippen LogP contribution in [0.25, 0.3) is 68.6 Å². The molecule has 0 amide bonds. The zero-order chi connectivity index (χ0) is 55.4. The van der Waals surface area contributed by atoms with E-state index in [1.54, 1.807) is 0 Å². The molecule has 3 aromatic carbocycles. The fourth-order valence-electron chi connectivity index (χ4n) is 10.6. The van der Waals surface area contributed by atoms with Gasteiger partial charge in [-0.05, 0) is 128 Å². The van der Waals surface area contributed by atoms with Crippen molar-refractivity contribution in [3.63, 3.8) is 0 Å². The molecule has 2 aliphatic rings. The first kappa shape index (κ1) is 59.1. The van der Waals surface area contributed by atoms with Gasteiger partial charge < -0.3 is 28.9 Å². The molecule has 8 bridgehead atoms. The van der Waals surface area contributed by atoms with Crippen molar-refractivity contribution in [2.45, 2.75) is 182 Å². The number of nitrogens with one attached hydrogen (secondary N) is 2. The van der Waals surface area contributed by atoms with Gasteiger partial charge in [-0.15, -0.1) is 0 Å². The van der Waals surface area contributed by atoms with Crippen LogP contribution in [-0.2, 0) is 0 Å². The SMILES string of the molecule is CCCCCCCCOc1cc(OCCCCCCCC)cc(-c2c3nc(c(C#Cc4ccccc4)c4ccc([nH]4)c(-c4cc(OCCCCCCCC)cc(OCCCCCCCC)c4)c4nc(cc5ccc2[nH]5)C=C4)C=C3)c1. The van der Waals surface area contributed by atoms with Crippen molar-refractivity contribution in [2.24, 2.45) is 0 Å². The molecular formula is C72H90N4O4. The van der Waals surface area contributed by atoms with E-state index < -0.39 is 0 Å². The summed E-state index contributed by atoms with van der Waals surface area (Å²) in [7, 11) is 0. The number of fused-ring (bicyclic) bond motifs is 8. The second-order valence-corrected chi connectivity index (χ2v) is 21.8. The number of nitrogens with zero attached hydrogens (tertiary/aromatic N) is 2. The Morgan fingerprint density at radius 1 is 0.362 bits per heavy atom. The third-order valence-electron chi connectivity index (χ3n) is 15.1. The quantitative estimate of drug-likeness (QED) is 0.0308. The predicted molar refractivity (Wildman–Crippen MR) is 338 cm³/mol. The second-order valence-electron chi connectivity index (χ2n) is 21.8. The van der Waals surface area contributed by atoms with E-state index in [1.165, 1.54) is 103 Å². The highest BCUT2D eigenvalue weighted by atomic mass is 16.5. The average Bonchev–Trinajstić information content (AvgIpc) is 4.36. The maximum Gasteiger partial charge on any atom is 0.123 e. The standard InChI is InChI=1S/C72H90N4O4/c1-5-9-13-17-21-28-44-77-60-48-56(49-61(53-60)78-45-29-22-18-14-10-6-2)71-67-38-35-58(73-67)52-59-36-39-68(74-59)72(70-43-41-66(76-70)64(65-40-42-69(71)75-65)37-34-55-32-26-25-27-33-55)57-50-62(79-46-30-23-19-15-11-7-3)54-63(51-57)80-47-31-24-20-16-12-8-4/h25-27,32-33,35-36,38-43,48-54,73,76H,5-24,28-31,44-47H2,1-4H3. The highest BCUT2D eigenvalue weighted by molar-refractivity contribution is 5.95. The number of ether oxygens (including phenoxy) is 4. The third kappa shape index (κ3) is 18.3. The van der Waals surface area contributed by atoms with Gasteiger partial charge in [0.2, 0.25) is 0 Å². The average molecular weight is 1080 g/mol. The fraction of sp³-hybridized carbons (Fsp3) is 0.444. The number of aromatic nitrogens is 4. The minimum Gasteiger partial charge on any atom is -0.493 e. The summed E-state index contributed by atoms with van der Waals surface area (Å²) in [6.45, 7) is 11.7. The van der Waals surface area contributed by atoms with Gasteiger partial charge in [0.25, 0.3) is 0 Å². The molecule has 80 heavy (non-hydrogen) atoms. The summed E-state index contributed by atoms with van der Waals surface area (Å²) in [5.74, 6) is 10.3. The van der Waals surface area contributed by atoms with Crippen molar-refractivity contribution >= 4 is 46.4 Å². The zero-order valence-corrected chi connectivity index (χ0v) is 48.9. The molecule has 0 radical (unpaired) electrons. The number of hydrogen-bond donors (Lipinski definition) is 2. The van der Waals surface area contributed by atoms with Gasteiger partial charge in [-0.1, -0.05) is 186 Å². The second kappa shape index (κ2) is 32.9. The molecule has 0 atom stereocenters. The highest BCUT2D eigenvalue weighted by Gasteiger charge is 2.19. The van der Waals surface area contributed by atoms with Crippen LogP contribution in [-0.4, -0.2) is 46.4 Å². The Morgan fingerprint density at radius 2 is 0.775 bits per heavy atom. The Hall–Kier alpha value is -6.98. The number of benzene rings is 3. The van der Waals surface area contributed by atoms with E-state index in [1.807, 2.05) is 30.3 Å². The van der Waals surface area contributed by atoms with Crippen LogP contribution in [0.4, 0.5) is 0 Å². The number of rotatable bonds is 34. The van der Waals surface area contributed by atoms with Crippen LogP contribution in [0.2, 0.25) is 0 Å². The van der Waals surface area contributed by atoms with E-state index >= 15 is 0 Å². The van der Waals surface area contributed by atoms with Gasteiger partial charge in [-0.2, -0.15) is 0 Å². The lowest BCUT2D eigenvalue weighted by Crippen LogP contribution is -2.01. The first-order valence-electron chi connectivity index (χ1n) is 31.0. The number of hydrogen-bond acceptors (Lipinski definition) is 6. The van der Waals surface area contributed by atoms with E-state index in [4.69, 9.17) is 28.9 Å². The molecule has 422 valence electrons. The maximum atomic E-state index is 6.59. The molecule has 0 spiro atoms. The van der Waals surface area contributed by atoms with Crippen LogP contribution in [0.15, 0.2) is 97.1 Å². The minimum atomic E-state index is 0.652. The summed E-state index contributed by atoms with van der Waals surface area (Å²) in [4.78, 5) is 18.5. The lowest BCUT2D eigenvalue weighted by Gasteiger charge is -2.14. The monoisotopic (exact) mass is 1070 g/mol. The first-order chi connectivity index (χ1) is 39.5. The number of aromatic amines is 2. The van der Waals surface area contributed by atoms with E-state index in [0.717, 1.165) is 153 Å². The maximum absolute atomic E-state index is 6.59. The lowest BCUT2D eigenvalue weighted by molar-refractivity contribution is 0.289. The molecule has 0 aliphatic carbocycles. The summed E-state index contributed by atoms with van der Waals surface area (Å²) >= 11 is 0. The zero-order valence-electron chi connectivity index (χ0n) is 48.9. The van der Waals surface area contributed by atoms with Crippen molar-refractivity contribution < 1.29 is 18.9 Å². The summed E-state index contributed by atoms with van der Waals surface area (Å²) in [5.41, 5.74) is 12.4. The topological polar surface area (TPSA) is 94.3 Å². The van der Waals surface area contributed by atoms with Gasteiger partial charge in [-0.25, -0.2) is 9.97 Å². The van der Waals surface area contributed by atoms with Crippen LogP contribution in [0.5, 0.6) is 23.0 Å². The van der Waals surface area contributed by atoms with Crippen LogP contribution < -0.4 is 18.9 Å². The van der Waals surface area contributed by atoms with Crippen molar-refractivity contribution in [2.75, 3.05) is 26.4 Å². The Labute approximate surface area is 479 Å². The van der Waals surface area contributed by atoms with Crippen molar-refractivity contribution in [3.8, 4) is 57.1 Å². The van der Waals surface area contributed by atoms with Crippen molar-refractivity contribution in [1.82, 2.24) is 19.9 Å². The smallest absolute Gasteiger partial charge is 0.123 e. The largest absolute Gasteiger partial charge is 0.493 e. The molecule has 8 nitrogen and oxygen atoms in total. The van der Waals surface area contributed by atoms with Gasteiger partial charge in [0.15, 0.2) is 0 Å². The molecule has 2 N–H and O–H groups in total. The lowest BCUT2D eigenvalue weighted by atomic mass is 10.0. The van der Waals surface area contributed by atoms with Crippen LogP contribution >= 0.6 is 0 Å². The molecular weight excluding hydrogens is 985 g/mol. The number of H-pyrrole nitrogens is 2. The van der Waals surface area contributed by atoms with Crippen LogP contribution in [0, 0.1) is 11.8 Å². The Morgan fingerprint density at radius 3 is 1.27 bits per heavy atom. The summed E-state index contributed by atoms with van der Waals surface area (Å²) in [6, 6.07) is 33.6. The van der Waals surface area contributed by atoms with Crippen LogP contribution in [0.3, 0.4) is 0 Å². The van der Waals surface area contributed by atoms with E-state index in [9.17, 15) is 0 Å². The van der Waals surface area contributed by atoms with Crippen LogP contribution in [0.1, 0.15) is 216 Å².